The lowest BCUT2D eigenvalue weighted by Crippen LogP contribution is -2.34. The van der Waals surface area contributed by atoms with Crippen LogP contribution in [0.5, 0.6) is 0 Å². The Hall–Kier alpha value is -2.64. The number of hydrogen-bond acceptors (Lipinski definition) is 4. The molecule has 1 amide bonds. The van der Waals surface area contributed by atoms with Crippen molar-refractivity contribution in [1.29, 1.82) is 0 Å². The Labute approximate surface area is 169 Å². The van der Waals surface area contributed by atoms with Crippen molar-refractivity contribution in [3.8, 4) is 0 Å². The van der Waals surface area contributed by atoms with E-state index in [1.807, 2.05) is 30.3 Å². The zero-order valence-electron chi connectivity index (χ0n) is 15.2. The van der Waals surface area contributed by atoms with Gasteiger partial charge in [-0.1, -0.05) is 41.9 Å². The summed E-state index contributed by atoms with van der Waals surface area (Å²) in [5, 5.41) is 1.92. The molecule has 1 aromatic heterocycles. The molecule has 0 aliphatic heterocycles. The van der Waals surface area contributed by atoms with E-state index >= 15 is 0 Å². The number of benzene rings is 2. The number of nitrogens with one attached hydrogen (secondary N) is 1. The Morgan fingerprint density at radius 1 is 1.14 bits per heavy atom. The molecule has 0 bridgehead atoms. The number of rotatable bonds is 7. The summed E-state index contributed by atoms with van der Waals surface area (Å²) < 4.78 is 27.3. The maximum atomic E-state index is 12.8. The highest BCUT2D eigenvalue weighted by Crippen LogP contribution is 2.16. The number of carbonyl (C=O) groups excluding carboxylic acids is 1. The Kier molecular flexibility index (Phi) is 6.16. The van der Waals surface area contributed by atoms with Crippen LogP contribution in [0.3, 0.4) is 0 Å². The highest BCUT2D eigenvalue weighted by atomic mass is 35.5. The monoisotopic (exact) mass is 417 g/mol. The molecule has 0 saturated carbocycles. The van der Waals surface area contributed by atoms with Gasteiger partial charge in [0.15, 0.2) is 9.84 Å². The van der Waals surface area contributed by atoms with Gasteiger partial charge in [0, 0.05) is 29.6 Å². The van der Waals surface area contributed by atoms with Gasteiger partial charge < -0.3 is 9.88 Å². The van der Waals surface area contributed by atoms with E-state index < -0.39 is 21.0 Å². The molecule has 1 N–H and O–H groups in total. The quantitative estimate of drug-likeness (QED) is 0.637. The molecule has 0 fully saturated rings. The summed E-state index contributed by atoms with van der Waals surface area (Å²) in [5.74, 6) is -0.513. The van der Waals surface area contributed by atoms with Crippen molar-refractivity contribution in [2.24, 2.45) is 0 Å². The van der Waals surface area contributed by atoms with Crippen LogP contribution in [0.25, 0.3) is 0 Å². The van der Waals surface area contributed by atoms with Crippen molar-refractivity contribution >= 4 is 33.0 Å². The lowest BCUT2D eigenvalue weighted by Gasteiger charge is -2.14. The first-order valence-electron chi connectivity index (χ1n) is 8.67. The van der Waals surface area contributed by atoms with Crippen molar-refractivity contribution in [1.82, 2.24) is 9.55 Å². The minimum absolute atomic E-state index is 0.317. The van der Waals surface area contributed by atoms with E-state index in [2.05, 4.69) is 10.3 Å². The van der Waals surface area contributed by atoms with Crippen molar-refractivity contribution in [2.75, 3.05) is 5.32 Å². The number of sulfone groups is 1. The molecule has 1 atom stereocenters. The Balaban J connectivity index is 1.70. The van der Waals surface area contributed by atoms with Crippen molar-refractivity contribution in [2.45, 2.75) is 24.5 Å². The molecule has 0 aliphatic rings. The maximum absolute atomic E-state index is 12.8. The summed E-state index contributed by atoms with van der Waals surface area (Å²) in [4.78, 5) is 16.6. The molecule has 146 valence electrons. The highest BCUT2D eigenvalue weighted by molar-refractivity contribution is 7.92. The summed E-state index contributed by atoms with van der Waals surface area (Å²) in [7, 11) is -3.75. The molecule has 28 heavy (non-hydrogen) atoms. The van der Waals surface area contributed by atoms with Gasteiger partial charge in [0.25, 0.3) is 0 Å². The number of aromatic nitrogens is 2. The van der Waals surface area contributed by atoms with Crippen molar-refractivity contribution in [3.63, 3.8) is 0 Å². The van der Waals surface area contributed by atoms with Crippen molar-refractivity contribution < 1.29 is 13.2 Å². The second-order valence-corrected chi connectivity index (χ2v) is 9.16. The number of amides is 1. The molecule has 3 rings (SSSR count). The van der Waals surface area contributed by atoms with Gasteiger partial charge in [0.05, 0.1) is 0 Å². The minimum Gasteiger partial charge on any atom is -0.330 e. The molecule has 0 aliphatic carbocycles. The SMILES string of the molecule is CC(C(=O)Nc1ccc(Cl)cc1)S(=O)(=O)Cc1nccn1Cc1ccccc1. The van der Waals surface area contributed by atoms with Gasteiger partial charge >= 0.3 is 0 Å². The van der Waals surface area contributed by atoms with E-state index in [-0.39, 0.29) is 5.75 Å². The molecular formula is C20H20ClN3O3S. The molecule has 0 spiro atoms. The zero-order valence-corrected chi connectivity index (χ0v) is 16.8. The van der Waals surface area contributed by atoms with Gasteiger partial charge in [-0.2, -0.15) is 0 Å². The van der Waals surface area contributed by atoms with E-state index in [4.69, 9.17) is 11.6 Å². The largest absolute Gasteiger partial charge is 0.330 e. The first-order chi connectivity index (χ1) is 13.3. The van der Waals surface area contributed by atoms with Crippen LogP contribution in [-0.2, 0) is 26.9 Å². The summed E-state index contributed by atoms with van der Waals surface area (Å²) in [6.45, 7) is 1.89. The normalized spacial score (nSPS) is 12.5. The second kappa shape index (κ2) is 8.58. The van der Waals surface area contributed by atoms with Crippen LogP contribution >= 0.6 is 11.6 Å². The molecule has 2 aromatic carbocycles. The molecular weight excluding hydrogens is 398 g/mol. The smallest absolute Gasteiger partial charge is 0.242 e. The number of carbonyl (C=O) groups is 1. The van der Waals surface area contributed by atoms with Crippen LogP contribution in [0.1, 0.15) is 18.3 Å². The van der Waals surface area contributed by atoms with Crippen LogP contribution < -0.4 is 5.32 Å². The number of hydrogen-bond donors (Lipinski definition) is 1. The summed E-state index contributed by atoms with van der Waals surface area (Å²) >= 11 is 5.82. The molecule has 1 unspecified atom stereocenters. The van der Waals surface area contributed by atoms with E-state index in [9.17, 15) is 13.2 Å². The standard InChI is InChI=1S/C20H20ClN3O3S/c1-15(20(25)23-18-9-7-17(21)8-10-18)28(26,27)14-19-22-11-12-24(19)13-16-5-3-2-4-6-16/h2-12,15H,13-14H2,1H3,(H,23,25). The number of halogens is 1. The van der Waals surface area contributed by atoms with Gasteiger partial charge in [-0.3, -0.25) is 4.79 Å². The molecule has 1 heterocycles. The zero-order chi connectivity index (χ0) is 20.1. The first-order valence-corrected chi connectivity index (χ1v) is 10.8. The summed E-state index contributed by atoms with van der Waals surface area (Å²) in [6, 6.07) is 16.2. The van der Waals surface area contributed by atoms with Crippen LogP contribution in [0, 0.1) is 0 Å². The second-order valence-electron chi connectivity index (χ2n) is 6.40. The van der Waals surface area contributed by atoms with Crippen molar-refractivity contribution in [3.05, 3.63) is 83.4 Å². The van der Waals surface area contributed by atoms with Gasteiger partial charge in [-0.05, 0) is 36.8 Å². The van der Waals surface area contributed by atoms with E-state index in [0.29, 0.717) is 23.1 Å². The fourth-order valence-electron chi connectivity index (χ4n) is 2.65. The molecule has 6 nitrogen and oxygen atoms in total. The van der Waals surface area contributed by atoms with E-state index in [0.717, 1.165) is 5.56 Å². The maximum Gasteiger partial charge on any atom is 0.242 e. The molecule has 8 heteroatoms. The van der Waals surface area contributed by atoms with Crippen LogP contribution in [-0.4, -0.2) is 29.1 Å². The lowest BCUT2D eigenvalue weighted by atomic mass is 10.2. The molecule has 3 aromatic rings. The number of imidazole rings is 1. The highest BCUT2D eigenvalue weighted by Gasteiger charge is 2.29. The third-order valence-electron chi connectivity index (χ3n) is 4.35. The molecule has 0 saturated heterocycles. The Morgan fingerprint density at radius 2 is 1.82 bits per heavy atom. The predicted octanol–water partition coefficient (Wildman–Crippen LogP) is 3.53. The number of anilines is 1. The van der Waals surface area contributed by atoms with Crippen LogP contribution in [0.2, 0.25) is 5.02 Å². The van der Waals surface area contributed by atoms with Gasteiger partial charge in [-0.15, -0.1) is 0 Å². The van der Waals surface area contributed by atoms with Crippen LogP contribution in [0.4, 0.5) is 5.69 Å². The van der Waals surface area contributed by atoms with Gasteiger partial charge in [-0.25, -0.2) is 13.4 Å². The first kappa shape index (κ1) is 20.1. The fraction of sp³-hybridized carbons (Fsp3) is 0.200. The summed E-state index contributed by atoms with van der Waals surface area (Å²) in [6.07, 6.45) is 3.29. The molecule has 0 radical (unpaired) electrons. The average molecular weight is 418 g/mol. The van der Waals surface area contributed by atoms with E-state index in [1.54, 1.807) is 41.2 Å². The number of nitrogens with zero attached hydrogens (tertiary/aromatic N) is 2. The lowest BCUT2D eigenvalue weighted by molar-refractivity contribution is -0.115. The predicted molar refractivity (Wildman–Crippen MR) is 110 cm³/mol. The van der Waals surface area contributed by atoms with Crippen LogP contribution in [0.15, 0.2) is 67.0 Å². The third kappa shape index (κ3) is 4.99. The van der Waals surface area contributed by atoms with Gasteiger partial charge in [0.1, 0.15) is 16.8 Å². The van der Waals surface area contributed by atoms with Gasteiger partial charge in [0.2, 0.25) is 5.91 Å². The summed E-state index contributed by atoms with van der Waals surface area (Å²) in [5.41, 5.74) is 1.52. The Bertz CT molecular complexity index is 1050. The topological polar surface area (TPSA) is 81.1 Å². The third-order valence-corrected chi connectivity index (χ3v) is 6.55. The minimum atomic E-state index is -3.75. The fourth-order valence-corrected chi connectivity index (χ4v) is 4.01. The Morgan fingerprint density at radius 3 is 2.50 bits per heavy atom. The van der Waals surface area contributed by atoms with E-state index in [1.165, 1.54) is 6.92 Å². The average Bonchev–Trinajstić information content (AvgIpc) is 3.09.